The summed E-state index contributed by atoms with van der Waals surface area (Å²) in [6.45, 7) is 3.13. The predicted octanol–water partition coefficient (Wildman–Crippen LogP) is 2.35. The highest BCUT2D eigenvalue weighted by Crippen LogP contribution is 2.26. The molecule has 0 bridgehead atoms. The fourth-order valence-corrected chi connectivity index (χ4v) is 1.32. The van der Waals surface area contributed by atoms with Crippen LogP contribution in [-0.4, -0.2) is 18.3 Å². The highest BCUT2D eigenvalue weighted by Gasteiger charge is 2.29. The first-order valence-electron chi connectivity index (χ1n) is 4.84. The molecule has 1 aromatic carbocycles. The van der Waals surface area contributed by atoms with Crippen LogP contribution in [0.3, 0.4) is 0 Å². The molecule has 5 heteroatoms. The Morgan fingerprint density at radius 1 is 1.25 bits per heavy atom. The SMILES string of the molecule is CCOCC(C)(O)c1ccc(F)c(F)c1F. The van der Waals surface area contributed by atoms with E-state index in [1.165, 1.54) is 6.92 Å². The van der Waals surface area contributed by atoms with Crippen LogP contribution in [0.5, 0.6) is 0 Å². The van der Waals surface area contributed by atoms with Crippen LogP contribution in [0.15, 0.2) is 12.1 Å². The molecule has 1 aromatic rings. The minimum Gasteiger partial charge on any atom is -0.383 e. The highest BCUT2D eigenvalue weighted by molar-refractivity contribution is 5.25. The van der Waals surface area contributed by atoms with Crippen LogP contribution in [0.2, 0.25) is 0 Å². The van der Waals surface area contributed by atoms with Gasteiger partial charge < -0.3 is 9.84 Å². The number of halogens is 3. The van der Waals surface area contributed by atoms with E-state index in [9.17, 15) is 18.3 Å². The highest BCUT2D eigenvalue weighted by atomic mass is 19.2. The van der Waals surface area contributed by atoms with Crippen molar-refractivity contribution in [2.24, 2.45) is 0 Å². The Balaban J connectivity index is 3.08. The number of hydrogen-bond acceptors (Lipinski definition) is 2. The molecule has 1 atom stereocenters. The van der Waals surface area contributed by atoms with Crippen molar-refractivity contribution in [2.45, 2.75) is 19.4 Å². The van der Waals surface area contributed by atoms with Crippen molar-refractivity contribution in [3.05, 3.63) is 35.1 Å². The van der Waals surface area contributed by atoms with Crippen LogP contribution in [0, 0.1) is 17.5 Å². The molecule has 0 aliphatic heterocycles. The molecular formula is C11H13F3O2. The van der Waals surface area contributed by atoms with Crippen molar-refractivity contribution in [3.8, 4) is 0 Å². The van der Waals surface area contributed by atoms with Crippen molar-refractivity contribution in [3.63, 3.8) is 0 Å². The Morgan fingerprint density at radius 3 is 2.44 bits per heavy atom. The quantitative estimate of drug-likeness (QED) is 0.810. The van der Waals surface area contributed by atoms with Gasteiger partial charge in [-0.1, -0.05) is 6.07 Å². The van der Waals surface area contributed by atoms with Gasteiger partial charge in [-0.05, 0) is 19.9 Å². The zero-order chi connectivity index (χ0) is 12.3. The zero-order valence-electron chi connectivity index (χ0n) is 9.06. The molecule has 90 valence electrons. The molecular weight excluding hydrogens is 221 g/mol. The van der Waals surface area contributed by atoms with Crippen LogP contribution >= 0.6 is 0 Å². The molecule has 0 heterocycles. The van der Waals surface area contributed by atoms with Gasteiger partial charge in [0.2, 0.25) is 0 Å². The molecule has 0 radical (unpaired) electrons. The molecule has 0 saturated heterocycles. The number of ether oxygens (including phenoxy) is 1. The second-order valence-corrected chi connectivity index (χ2v) is 3.63. The van der Waals surface area contributed by atoms with Crippen LogP contribution in [0.4, 0.5) is 13.2 Å². The molecule has 0 fully saturated rings. The van der Waals surface area contributed by atoms with Crippen molar-refractivity contribution in [1.82, 2.24) is 0 Å². The van der Waals surface area contributed by atoms with E-state index in [1.54, 1.807) is 6.92 Å². The molecule has 0 spiro atoms. The summed E-state index contributed by atoms with van der Waals surface area (Å²) in [5, 5.41) is 9.86. The zero-order valence-corrected chi connectivity index (χ0v) is 9.06. The molecule has 0 saturated carbocycles. The fourth-order valence-electron chi connectivity index (χ4n) is 1.32. The largest absolute Gasteiger partial charge is 0.383 e. The van der Waals surface area contributed by atoms with E-state index in [2.05, 4.69) is 0 Å². The summed E-state index contributed by atoms with van der Waals surface area (Å²) in [5.41, 5.74) is -2.01. The minimum absolute atomic E-state index is 0.189. The van der Waals surface area contributed by atoms with Crippen LogP contribution in [0.1, 0.15) is 19.4 Å². The van der Waals surface area contributed by atoms with E-state index in [0.29, 0.717) is 6.61 Å². The van der Waals surface area contributed by atoms with Gasteiger partial charge in [0, 0.05) is 12.2 Å². The maximum absolute atomic E-state index is 13.4. The molecule has 0 aliphatic rings. The first-order chi connectivity index (χ1) is 7.40. The van der Waals surface area contributed by atoms with Crippen molar-refractivity contribution in [2.75, 3.05) is 13.2 Å². The third-order valence-corrected chi connectivity index (χ3v) is 2.20. The van der Waals surface area contributed by atoms with E-state index in [0.717, 1.165) is 12.1 Å². The van der Waals surface area contributed by atoms with Crippen molar-refractivity contribution < 1.29 is 23.0 Å². The minimum atomic E-state index is -1.69. The van der Waals surface area contributed by atoms with Crippen LogP contribution in [0.25, 0.3) is 0 Å². The fraction of sp³-hybridized carbons (Fsp3) is 0.455. The molecule has 0 amide bonds. The Hall–Kier alpha value is -1.07. The summed E-state index contributed by atoms with van der Waals surface area (Å²) in [6.07, 6.45) is 0. The summed E-state index contributed by atoms with van der Waals surface area (Å²) in [6, 6.07) is 1.78. The van der Waals surface area contributed by atoms with Gasteiger partial charge in [0.25, 0.3) is 0 Å². The number of benzene rings is 1. The Bertz CT molecular complexity index is 378. The Kier molecular flexibility index (Phi) is 3.93. The van der Waals surface area contributed by atoms with Gasteiger partial charge in [-0.15, -0.1) is 0 Å². The summed E-state index contributed by atoms with van der Waals surface area (Å²) in [5.74, 6) is -4.26. The van der Waals surface area contributed by atoms with E-state index < -0.39 is 23.1 Å². The summed E-state index contributed by atoms with van der Waals surface area (Å²) in [4.78, 5) is 0. The average molecular weight is 234 g/mol. The molecule has 0 aromatic heterocycles. The number of rotatable bonds is 4. The van der Waals surface area contributed by atoms with Gasteiger partial charge >= 0.3 is 0 Å². The third-order valence-electron chi connectivity index (χ3n) is 2.20. The van der Waals surface area contributed by atoms with Gasteiger partial charge in [0.1, 0.15) is 5.60 Å². The van der Waals surface area contributed by atoms with E-state index in [4.69, 9.17) is 4.74 Å². The maximum atomic E-state index is 13.4. The van der Waals surface area contributed by atoms with E-state index >= 15 is 0 Å². The lowest BCUT2D eigenvalue weighted by molar-refractivity contribution is -0.0369. The molecule has 0 aliphatic carbocycles. The standard InChI is InChI=1S/C11H13F3O2/c1-3-16-6-11(2,15)7-4-5-8(12)10(14)9(7)13/h4-5,15H,3,6H2,1-2H3. The van der Waals surface area contributed by atoms with Gasteiger partial charge in [0.05, 0.1) is 6.61 Å². The average Bonchev–Trinajstić information content (AvgIpc) is 2.23. The second-order valence-electron chi connectivity index (χ2n) is 3.63. The Morgan fingerprint density at radius 2 is 1.88 bits per heavy atom. The maximum Gasteiger partial charge on any atom is 0.194 e. The lowest BCUT2D eigenvalue weighted by Crippen LogP contribution is -2.29. The monoisotopic (exact) mass is 234 g/mol. The molecule has 2 nitrogen and oxygen atoms in total. The lowest BCUT2D eigenvalue weighted by atomic mass is 9.96. The topological polar surface area (TPSA) is 29.5 Å². The first-order valence-corrected chi connectivity index (χ1v) is 4.84. The van der Waals surface area contributed by atoms with E-state index in [-0.39, 0.29) is 12.2 Å². The number of aliphatic hydroxyl groups is 1. The normalized spacial score (nSPS) is 14.9. The van der Waals surface area contributed by atoms with Crippen molar-refractivity contribution >= 4 is 0 Å². The van der Waals surface area contributed by atoms with Crippen molar-refractivity contribution in [1.29, 1.82) is 0 Å². The smallest absolute Gasteiger partial charge is 0.194 e. The first kappa shape index (κ1) is 13.0. The Labute approximate surface area is 91.7 Å². The summed E-state index contributed by atoms with van der Waals surface area (Å²) < 4.78 is 43.9. The molecule has 1 unspecified atom stereocenters. The van der Waals surface area contributed by atoms with Gasteiger partial charge in [-0.3, -0.25) is 0 Å². The summed E-state index contributed by atoms with van der Waals surface area (Å²) in [7, 11) is 0. The predicted molar refractivity (Wildman–Crippen MR) is 52.4 cm³/mol. The molecule has 16 heavy (non-hydrogen) atoms. The van der Waals surface area contributed by atoms with E-state index in [1.807, 2.05) is 0 Å². The molecule has 1 N–H and O–H groups in total. The molecule has 1 rings (SSSR count). The van der Waals surface area contributed by atoms with Crippen LogP contribution < -0.4 is 0 Å². The number of hydrogen-bond donors (Lipinski definition) is 1. The van der Waals surface area contributed by atoms with Gasteiger partial charge in [0.15, 0.2) is 17.5 Å². The second kappa shape index (κ2) is 4.84. The van der Waals surface area contributed by atoms with Gasteiger partial charge in [-0.25, -0.2) is 13.2 Å². The van der Waals surface area contributed by atoms with Gasteiger partial charge in [-0.2, -0.15) is 0 Å². The lowest BCUT2D eigenvalue weighted by Gasteiger charge is -2.24. The third kappa shape index (κ3) is 2.54. The van der Waals surface area contributed by atoms with Crippen LogP contribution in [-0.2, 0) is 10.3 Å². The summed E-state index contributed by atoms with van der Waals surface area (Å²) >= 11 is 0.